The van der Waals surface area contributed by atoms with Gasteiger partial charge in [-0.25, -0.2) is 4.98 Å². The van der Waals surface area contributed by atoms with Crippen LogP contribution in [0, 0.1) is 0 Å². The minimum Gasteiger partial charge on any atom is -0.381 e. The third kappa shape index (κ3) is 2.64. The highest BCUT2D eigenvalue weighted by Crippen LogP contribution is 2.24. The van der Waals surface area contributed by atoms with Gasteiger partial charge in [0.05, 0.1) is 17.2 Å². The van der Waals surface area contributed by atoms with Crippen molar-refractivity contribution in [3.05, 3.63) is 24.0 Å². The zero-order valence-corrected chi connectivity index (χ0v) is 12.4. The van der Waals surface area contributed by atoms with E-state index in [9.17, 15) is 0 Å². The summed E-state index contributed by atoms with van der Waals surface area (Å²) in [4.78, 5) is 10.6. The Morgan fingerprint density at radius 2 is 2.25 bits per heavy atom. The summed E-state index contributed by atoms with van der Waals surface area (Å²) in [5.41, 5.74) is 3.23. The molecule has 0 saturated carbocycles. The molecular weight excluding hydrogens is 250 g/mol. The Kier molecular flexibility index (Phi) is 3.63. The zero-order chi connectivity index (χ0) is 14.1. The van der Waals surface area contributed by atoms with E-state index in [4.69, 9.17) is 4.98 Å². The molecular formula is C15H23N5. The van der Waals surface area contributed by atoms with Crippen LogP contribution in [0.15, 0.2) is 18.2 Å². The number of likely N-dealkylation sites (N-methyl/N-ethyl adjacent to an activating group) is 1. The smallest absolute Gasteiger partial charge is 0.125 e. The van der Waals surface area contributed by atoms with Crippen LogP contribution in [0.4, 0.5) is 5.69 Å². The number of anilines is 1. The topological polar surface area (TPSA) is 56.0 Å². The van der Waals surface area contributed by atoms with Crippen LogP contribution in [0.3, 0.4) is 0 Å². The predicted octanol–water partition coefficient (Wildman–Crippen LogP) is 1.96. The molecule has 1 aromatic heterocycles. The van der Waals surface area contributed by atoms with Crippen LogP contribution in [0.5, 0.6) is 0 Å². The van der Waals surface area contributed by atoms with E-state index in [1.54, 1.807) is 0 Å². The number of aromatic amines is 1. The molecule has 1 aliphatic heterocycles. The highest BCUT2D eigenvalue weighted by Gasteiger charge is 2.21. The lowest BCUT2D eigenvalue weighted by molar-refractivity contribution is 0.236. The molecule has 1 unspecified atom stereocenters. The van der Waals surface area contributed by atoms with Crippen LogP contribution in [-0.2, 0) is 0 Å². The first-order valence-electron chi connectivity index (χ1n) is 7.30. The fourth-order valence-electron chi connectivity index (χ4n) is 2.72. The van der Waals surface area contributed by atoms with Crippen molar-refractivity contribution in [1.82, 2.24) is 20.2 Å². The predicted molar refractivity (Wildman–Crippen MR) is 83.1 cm³/mol. The number of hydrogen-bond acceptors (Lipinski definition) is 4. The molecule has 2 aromatic rings. The number of nitrogens with zero attached hydrogens (tertiary/aromatic N) is 2. The molecule has 3 N–H and O–H groups in total. The quantitative estimate of drug-likeness (QED) is 0.800. The Morgan fingerprint density at radius 3 is 3.00 bits per heavy atom. The van der Waals surface area contributed by atoms with Crippen LogP contribution < -0.4 is 10.6 Å². The molecule has 0 aliphatic carbocycles. The Labute approximate surface area is 119 Å². The number of fused-ring (bicyclic) bond motifs is 1. The van der Waals surface area contributed by atoms with Crippen LogP contribution in [0.1, 0.15) is 25.7 Å². The maximum atomic E-state index is 4.82. The molecule has 3 rings (SSSR count). The minimum absolute atomic E-state index is 0.285. The SMILES string of the molecule is CC(C)Nc1cccc2[nH]c(C3CN(C)CCN3)nc12. The summed E-state index contributed by atoms with van der Waals surface area (Å²) >= 11 is 0. The molecule has 0 spiro atoms. The minimum atomic E-state index is 0.285. The van der Waals surface area contributed by atoms with Gasteiger partial charge in [-0.1, -0.05) is 6.07 Å². The van der Waals surface area contributed by atoms with Crippen LogP contribution in [0.2, 0.25) is 0 Å². The van der Waals surface area contributed by atoms with Crippen molar-refractivity contribution in [3.8, 4) is 0 Å². The van der Waals surface area contributed by atoms with E-state index in [0.717, 1.165) is 42.2 Å². The number of hydrogen-bond donors (Lipinski definition) is 3. The Morgan fingerprint density at radius 1 is 1.40 bits per heavy atom. The van der Waals surface area contributed by atoms with E-state index in [2.05, 4.69) is 59.6 Å². The number of para-hydroxylation sites is 1. The first-order chi connectivity index (χ1) is 9.63. The van der Waals surface area contributed by atoms with Crippen molar-refractivity contribution in [2.75, 3.05) is 32.0 Å². The molecule has 1 atom stereocenters. The molecule has 1 saturated heterocycles. The second-order valence-electron chi connectivity index (χ2n) is 5.89. The summed E-state index contributed by atoms with van der Waals surface area (Å²) in [6, 6.07) is 6.93. The van der Waals surface area contributed by atoms with E-state index in [1.807, 2.05) is 0 Å². The fourth-order valence-corrected chi connectivity index (χ4v) is 2.72. The van der Waals surface area contributed by atoms with Crippen molar-refractivity contribution in [3.63, 3.8) is 0 Å². The lowest BCUT2D eigenvalue weighted by Gasteiger charge is -2.29. The van der Waals surface area contributed by atoms with Gasteiger partial charge in [-0.15, -0.1) is 0 Å². The molecule has 1 fully saturated rings. The highest BCUT2D eigenvalue weighted by molar-refractivity contribution is 5.88. The van der Waals surface area contributed by atoms with Crippen LogP contribution in [0.25, 0.3) is 11.0 Å². The number of piperazine rings is 1. The fraction of sp³-hybridized carbons (Fsp3) is 0.533. The number of nitrogens with one attached hydrogen (secondary N) is 3. The van der Waals surface area contributed by atoms with Gasteiger partial charge in [0.25, 0.3) is 0 Å². The van der Waals surface area contributed by atoms with Crippen molar-refractivity contribution in [2.45, 2.75) is 25.9 Å². The van der Waals surface area contributed by atoms with Gasteiger partial charge in [-0.3, -0.25) is 0 Å². The number of aromatic nitrogens is 2. The zero-order valence-electron chi connectivity index (χ0n) is 12.4. The molecule has 5 nitrogen and oxygen atoms in total. The Balaban J connectivity index is 1.93. The van der Waals surface area contributed by atoms with Gasteiger partial charge in [0, 0.05) is 25.7 Å². The van der Waals surface area contributed by atoms with Gasteiger partial charge in [0.1, 0.15) is 11.3 Å². The van der Waals surface area contributed by atoms with Gasteiger partial charge >= 0.3 is 0 Å². The number of H-pyrrole nitrogens is 1. The van der Waals surface area contributed by atoms with Crippen LogP contribution >= 0.6 is 0 Å². The largest absolute Gasteiger partial charge is 0.381 e. The molecule has 5 heteroatoms. The maximum absolute atomic E-state index is 4.82. The average molecular weight is 273 g/mol. The molecule has 20 heavy (non-hydrogen) atoms. The van der Waals surface area contributed by atoms with Crippen LogP contribution in [-0.4, -0.2) is 47.6 Å². The van der Waals surface area contributed by atoms with Gasteiger partial charge in [0.15, 0.2) is 0 Å². The van der Waals surface area contributed by atoms with Gasteiger partial charge < -0.3 is 20.5 Å². The second-order valence-corrected chi connectivity index (χ2v) is 5.89. The summed E-state index contributed by atoms with van der Waals surface area (Å²) < 4.78 is 0. The first-order valence-corrected chi connectivity index (χ1v) is 7.30. The molecule has 1 aromatic carbocycles. The number of imidazole rings is 1. The van der Waals surface area contributed by atoms with E-state index < -0.39 is 0 Å². The number of rotatable bonds is 3. The average Bonchev–Trinajstić information content (AvgIpc) is 2.83. The number of benzene rings is 1. The van der Waals surface area contributed by atoms with E-state index in [0.29, 0.717) is 6.04 Å². The monoisotopic (exact) mass is 273 g/mol. The van der Waals surface area contributed by atoms with Crippen molar-refractivity contribution < 1.29 is 0 Å². The van der Waals surface area contributed by atoms with E-state index in [1.165, 1.54) is 0 Å². The van der Waals surface area contributed by atoms with Crippen molar-refractivity contribution >= 4 is 16.7 Å². The summed E-state index contributed by atoms with van der Waals surface area (Å²) in [5, 5.41) is 6.99. The van der Waals surface area contributed by atoms with Crippen molar-refractivity contribution in [1.29, 1.82) is 0 Å². The lowest BCUT2D eigenvalue weighted by atomic mass is 10.2. The summed E-state index contributed by atoms with van der Waals surface area (Å²) in [6.07, 6.45) is 0. The Hall–Kier alpha value is -1.59. The normalized spacial score (nSPS) is 20.7. The molecule has 0 bridgehead atoms. The second kappa shape index (κ2) is 5.42. The van der Waals surface area contributed by atoms with E-state index in [-0.39, 0.29) is 6.04 Å². The van der Waals surface area contributed by atoms with Gasteiger partial charge in [-0.2, -0.15) is 0 Å². The molecule has 0 amide bonds. The summed E-state index contributed by atoms with van der Waals surface area (Å²) in [6.45, 7) is 7.38. The summed E-state index contributed by atoms with van der Waals surface area (Å²) in [5.74, 6) is 1.03. The standard InChI is InChI=1S/C15H23N5/c1-10(2)17-11-5-4-6-12-14(11)19-15(18-12)13-9-20(3)8-7-16-13/h4-6,10,13,16-17H,7-9H2,1-3H3,(H,18,19). The van der Waals surface area contributed by atoms with Gasteiger partial charge in [-0.05, 0) is 33.0 Å². The third-order valence-corrected chi connectivity index (χ3v) is 3.68. The van der Waals surface area contributed by atoms with E-state index >= 15 is 0 Å². The maximum Gasteiger partial charge on any atom is 0.125 e. The Bertz CT molecular complexity index is 589. The van der Waals surface area contributed by atoms with Crippen molar-refractivity contribution in [2.24, 2.45) is 0 Å². The lowest BCUT2D eigenvalue weighted by Crippen LogP contribution is -2.44. The molecule has 1 aliphatic rings. The highest BCUT2D eigenvalue weighted by atomic mass is 15.2. The third-order valence-electron chi connectivity index (χ3n) is 3.68. The summed E-state index contributed by atoms with van der Waals surface area (Å²) in [7, 11) is 2.16. The molecule has 0 radical (unpaired) electrons. The van der Waals surface area contributed by atoms with Gasteiger partial charge in [0.2, 0.25) is 0 Å². The molecule has 108 valence electrons. The molecule has 2 heterocycles. The first kappa shape index (κ1) is 13.4.